The van der Waals surface area contributed by atoms with Crippen LogP contribution in [0.5, 0.6) is 0 Å². The van der Waals surface area contributed by atoms with Crippen molar-refractivity contribution in [1.29, 1.82) is 0 Å². The number of fused-ring (bicyclic) bond motifs is 1. The lowest BCUT2D eigenvalue weighted by Gasteiger charge is -2.26. The van der Waals surface area contributed by atoms with Crippen LogP contribution in [0.25, 0.3) is 0 Å². The molecule has 4 rings (SSSR count). The molecule has 0 aromatic heterocycles. The quantitative estimate of drug-likeness (QED) is 0.664. The van der Waals surface area contributed by atoms with Crippen LogP contribution in [0, 0.1) is 0 Å². The normalized spacial score (nSPS) is 16.1. The molecule has 2 aromatic rings. The van der Waals surface area contributed by atoms with Gasteiger partial charge in [0.25, 0.3) is 17.7 Å². The van der Waals surface area contributed by atoms with E-state index in [-0.39, 0.29) is 36.3 Å². The SMILES string of the molecule is Cl.O=C(NCCN1CCCCC1)c1ccc2c(c1)C(=O)N(Cc1ccccc1Cl)C2=O. The van der Waals surface area contributed by atoms with Crippen LogP contribution in [0.1, 0.15) is 55.9 Å². The number of hydrogen-bond donors (Lipinski definition) is 1. The number of carbonyl (C=O) groups excluding carboxylic acids is 3. The van der Waals surface area contributed by atoms with Crippen molar-refractivity contribution >= 4 is 41.7 Å². The van der Waals surface area contributed by atoms with E-state index in [0.29, 0.717) is 28.3 Å². The van der Waals surface area contributed by atoms with E-state index in [0.717, 1.165) is 19.6 Å². The van der Waals surface area contributed by atoms with Gasteiger partial charge in [0.1, 0.15) is 0 Å². The van der Waals surface area contributed by atoms with Crippen molar-refractivity contribution in [3.63, 3.8) is 0 Å². The molecule has 0 unspecified atom stereocenters. The van der Waals surface area contributed by atoms with Gasteiger partial charge in [0.05, 0.1) is 17.7 Å². The van der Waals surface area contributed by atoms with Crippen molar-refractivity contribution in [1.82, 2.24) is 15.1 Å². The van der Waals surface area contributed by atoms with Gasteiger partial charge in [-0.25, -0.2) is 0 Å². The van der Waals surface area contributed by atoms with Crippen LogP contribution in [-0.2, 0) is 6.54 Å². The maximum Gasteiger partial charge on any atom is 0.261 e. The molecule has 1 saturated heterocycles. The number of benzene rings is 2. The van der Waals surface area contributed by atoms with Crippen molar-refractivity contribution < 1.29 is 14.4 Å². The van der Waals surface area contributed by atoms with Gasteiger partial charge in [-0.15, -0.1) is 12.4 Å². The van der Waals surface area contributed by atoms with Crippen molar-refractivity contribution in [2.24, 2.45) is 0 Å². The minimum atomic E-state index is -0.405. The summed E-state index contributed by atoms with van der Waals surface area (Å²) in [7, 11) is 0. The molecule has 31 heavy (non-hydrogen) atoms. The number of hydrogen-bond acceptors (Lipinski definition) is 4. The summed E-state index contributed by atoms with van der Waals surface area (Å²) in [6.45, 7) is 3.63. The molecule has 0 aliphatic carbocycles. The molecule has 0 bridgehead atoms. The molecule has 0 radical (unpaired) electrons. The minimum absolute atomic E-state index is 0. The predicted molar refractivity (Wildman–Crippen MR) is 122 cm³/mol. The van der Waals surface area contributed by atoms with E-state index in [2.05, 4.69) is 10.2 Å². The Hall–Kier alpha value is -2.41. The fraction of sp³-hybridized carbons (Fsp3) is 0.348. The third kappa shape index (κ3) is 5.09. The van der Waals surface area contributed by atoms with Gasteiger partial charge in [-0.1, -0.05) is 36.2 Å². The van der Waals surface area contributed by atoms with Gasteiger partial charge in [-0.2, -0.15) is 0 Å². The standard InChI is InChI=1S/C23H24ClN3O3.ClH/c24-20-7-3-2-6-17(20)15-27-22(29)18-9-8-16(14-19(18)23(27)30)21(28)25-10-13-26-11-4-1-5-12-26;/h2-3,6-9,14H,1,4-5,10-13,15H2,(H,25,28);1H. The van der Waals surface area contributed by atoms with Gasteiger partial charge in [0.2, 0.25) is 0 Å². The minimum Gasteiger partial charge on any atom is -0.351 e. The monoisotopic (exact) mass is 461 g/mol. The molecule has 3 amide bonds. The van der Waals surface area contributed by atoms with Crippen LogP contribution >= 0.6 is 24.0 Å². The lowest BCUT2D eigenvalue weighted by Crippen LogP contribution is -2.37. The van der Waals surface area contributed by atoms with Crippen molar-refractivity contribution in [3.8, 4) is 0 Å². The second-order valence-electron chi connectivity index (χ2n) is 7.71. The fourth-order valence-electron chi connectivity index (χ4n) is 3.99. The average Bonchev–Trinajstić information content (AvgIpc) is 3.00. The van der Waals surface area contributed by atoms with Crippen LogP contribution in [0.15, 0.2) is 42.5 Å². The molecule has 8 heteroatoms. The molecular weight excluding hydrogens is 437 g/mol. The van der Waals surface area contributed by atoms with E-state index in [1.165, 1.54) is 30.2 Å². The summed E-state index contributed by atoms with van der Waals surface area (Å²) in [6, 6.07) is 11.8. The number of piperidine rings is 1. The fourth-order valence-corrected chi connectivity index (χ4v) is 4.18. The van der Waals surface area contributed by atoms with Crippen LogP contribution in [0.4, 0.5) is 0 Å². The van der Waals surface area contributed by atoms with Gasteiger partial charge in [0.15, 0.2) is 0 Å². The maximum atomic E-state index is 12.8. The number of nitrogens with one attached hydrogen (secondary N) is 1. The molecule has 1 fully saturated rings. The molecule has 0 saturated carbocycles. The molecule has 164 valence electrons. The number of likely N-dealkylation sites (tertiary alicyclic amines) is 1. The van der Waals surface area contributed by atoms with E-state index in [9.17, 15) is 14.4 Å². The summed E-state index contributed by atoms with van der Waals surface area (Å²) in [5, 5.41) is 3.42. The number of rotatable bonds is 6. The first-order valence-corrected chi connectivity index (χ1v) is 10.7. The summed E-state index contributed by atoms with van der Waals surface area (Å²) in [5.74, 6) is -1.01. The van der Waals surface area contributed by atoms with Gasteiger partial charge in [0, 0.05) is 23.7 Å². The number of amides is 3. The first-order valence-electron chi connectivity index (χ1n) is 10.3. The molecule has 1 N–H and O–H groups in total. The smallest absolute Gasteiger partial charge is 0.261 e. The zero-order valence-corrected chi connectivity index (χ0v) is 18.7. The summed E-state index contributed by atoms with van der Waals surface area (Å²) in [5.41, 5.74) is 1.66. The van der Waals surface area contributed by atoms with Crippen molar-refractivity contribution in [2.45, 2.75) is 25.8 Å². The van der Waals surface area contributed by atoms with Crippen molar-refractivity contribution in [2.75, 3.05) is 26.2 Å². The van der Waals surface area contributed by atoms with Crippen LogP contribution in [-0.4, -0.2) is 53.7 Å². The Labute approximate surface area is 193 Å². The highest BCUT2D eigenvalue weighted by molar-refractivity contribution is 6.31. The maximum absolute atomic E-state index is 12.8. The second-order valence-corrected chi connectivity index (χ2v) is 8.11. The molecule has 0 spiro atoms. The molecule has 2 aliphatic heterocycles. The molecular formula is C23H25Cl2N3O3. The van der Waals surface area contributed by atoms with Crippen LogP contribution < -0.4 is 5.32 Å². The van der Waals surface area contributed by atoms with E-state index < -0.39 is 5.91 Å². The zero-order chi connectivity index (χ0) is 21.1. The molecule has 2 aromatic carbocycles. The molecule has 2 heterocycles. The Morgan fingerprint density at radius 2 is 1.68 bits per heavy atom. The summed E-state index contributed by atoms with van der Waals surface area (Å²) >= 11 is 6.18. The lowest BCUT2D eigenvalue weighted by molar-refractivity contribution is 0.0642. The summed E-state index contributed by atoms with van der Waals surface area (Å²) in [6.07, 6.45) is 3.69. The average molecular weight is 462 g/mol. The van der Waals surface area contributed by atoms with Gasteiger partial charge < -0.3 is 10.2 Å². The first-order chi connectivity index (χ1) is 14.5. The number of nitrogens with zero attached hydrogens (tertiary/aromatic N) is 2. The highest BCUT2D eigenvalue weighted by Crippen LogP contribution is 2.27. The molecule has 2 aliphatic rings. The highest BCUT2D eigenvalue weighted by atomic mass is 35.5. The lowest BCUT2D eigenvalue weighted by atomic mass is 10.1. The van der Waals surface area contributed by atoms with Gasteiger partial charge in [-0.3, -0.25) is 19.3 Å². The van der Waals surface area contributed by atoms with Gasteiger partial charge in [-0.05, 0) is 55.8 Å². The number of imide groups is 1. The Balaban J connectivity index is 0.00000272. The van der Waals surface area contributed by atoms with Crippen LogP contribution in [0.2, 0.25) is 5.02 Å². The van der Waals surface area contributed by atoms with E-state index in [1.54, 1.807) is 30.3 Å². The zero-order valence-electron chi connectivity index (χ0n) is 17.1. The topological polar surface area (TPSA) is 69.7 Å². The number of halogens is 2. The Morgan fingerprint density at radius 3 is 2.42 bits per heavy atom. The third-order valence-electron chi connectivity index (χ3n) is 5.68. The summed E-state index contributed by atoms with van der Waals surface area (Å²) < 4.78 is 0. The summed E-state index contributed by atoms with van der Waals surface area (Å²) in [4.78, 5) is 41.6. The highest BCUT2D eigenvalue weighted by Gasteiger charge is 2.36. The van der Waals surface area contributed by atoms with E-state index >= 15 is 0 Å². The number of carbonyl (C=O) groups is 3. The Kier molecular flexibility index (Phi) is 7.70. The largest absolute Gasteiger partial charge is 0.351 e. The van der Waals surface area contributed by atoms with E-state index in [1.807, 2.05) is 6.07 Å². The third-order valence-corrected chi connectivity index (χ3v) is 6.05. The van der Waals surface area contributed by atoms with Crippen LogP contribution in [0.3, 0.4) is 0 Å². The first kappa shape index (κ1) is 23.3. The van der Waals surface area contributed by atoms with Gasteiger partial charge >= 0.3 is 0 Å². The molecule has 0 atom stereocenters. The van der Waals surface area contributed by atoms with E-state index in [4.69, 9.17) is 11.6 Å². The second kappa shape index (κ2) is 10.3. The predicted octanol–water partition coefficient (Wildman–Crippen LogP) is 3.77. The van der Waals surface area contributed by atoms with Crippen molar-refractivity contribution in [3.05, 3.63) is 69.7 Å². The Bertz CT molecular complexity index is 990. The molecule has 6 nitrogen and oxygen atoms in total. The Morgan fingerprint density at radius 1 is 0.968 bits per heavy atom.